The van der Waals surface area contributed by atoms with E-state index >= 15 is 0 Å². The average molecular weight is 416 g/mol. The molecule has 0 aliphatic heterocycles. The summed E-state index contributed by atoms with van der Waals surface area (Å²) in [6.07, 6.45) is 3.47. The zero-order chi connectivity index (χ0) is 21.0. The van der Waals surface area contributed by atoms with Gasteiger partial charge in [0.1, 0.15) is 0 Å². The van der Waals surface area contributed by atoms with Gasteiger partial charge in [0.05, 0.1) is 0 Å². The van der Waals surface area contributed by atoms with Crippen molar-refractivity contribution in [3.8, 4) is 0 Å². The molecule has 0 unspecified atom stereocenters. The Labute approximate surface area is 173 Å². The summed E-state index contributed by atoms with van der Waals surface area (Å²) in [4.78, 5) is 14.0. The lowest BCUT2D eigenvalue weighted by Crippen LogP contribution is -2.30. The maximum atomic E-state index is 11.9. The lowest BCUT2D eigenvalue weighted by atomic mass is 10.2. The van der Waals surface area contributed by atoms with Crippen LogP contribution < -0.4 is 14.9 Å². The van der Waals surface area contributed by atoms with Crippen molar-refractivity contribution in [2.75, 3.05) is 31.6 Å². The molecule has 1 amide bonds. The Bertz CT molecular complexity index is 869. The van der Waals surface area contributed by atoms with Gasteiger partial charge in [0.2, 0.25) is 15.9 Å². The van der Waals surface area contributed by atoms with Crippen molar-refractivity contribution < 1.29 is 13.2 Å². The van der Waals surface area contributed by atoms with Crippen LogP contribution in [-0.2, 0) is 14.8 Å². The van der Waals surface area contributed by atoms with Crippen LogP contribution >= 0.6 is 0 Å². The van der Waals surface area contributed by atoms with Crippen molar-refractivity contribution in [2.45, 2.75) is 19.3 Å². The summed E-state index contributed by atoms with van der Waals surface area (Å²) in [5.41, 5.74) is 1.97. The highest BCUT2D eigenvalue weighted by atomic mass is 32.2. The maximum Gasteiger partial charge on any atom is 0.233 e. The van der Waals surface area contributed by atoms with Gasteiger partial charge in [-0.3, -0.25) is 4.79 Å². The lowest BCUT2D eigenvalue weighted by molar-refractivity contribution is -0.120. The van der Waals surface area contributed by atoms with Gasteiger partial charge in [-0.2, -0.15) is 0 Å². The van der Waals surface area contributed by atoms with Gasteiger partial charge in [0, 0.05) is 44.2 Å². The fraction of sp³-hybridized carbons (Fsp3) is 0.318. The molecule has 0 aliphatic carbocycles. The molecule has 0 radical (unpaired) electrons. The second-order valence-corrected chi connectivity index (χ2v) is 8.37. The Morgan fingerprint density at radius 1 is 0.966 bits per heavy atom. The highest BCUT2D eigenvalue weighted by Crippen LogP contribution is 2.11. The van der Waals surface area contributed by atoms with E-state index in [4.69, 9.17) is 0 Å². The van der Waals surface area contributed by atoms with E-state index in [1.54, 1.807) is 0 Å². The molecular weight excluding hydrogens is 386 g/mol. The van der Waals surface area contributed by atoms with Crippen LogP contribution in [0, 0.1) is 0 Å². The third-order valence-corrected chi connectivity index (χ3v) is 5.43. The number of nitrogens with zero attached hydrogens (tertiary/aromatic N) is 1. The van der Waals surface area contributed by atoms with Crippen molar-refractivity contribution >= 4 is 27.7 Å². The maximum absolute atomic E-state index is 11.9. The Kier molecular flexibility index (Phi) is 9.40. The summed E-state index contributed by atoms with van der Waals surface area (Å²) in [5.74, 6) is -0.156. The molecule has 0 spiro atoms. The number of para-hydroxylation sites is 1. The van der Waals surface area contributed by atoms with Crippen LogP contribution in [0.25, 0.3) is 6.08 Å². The Balaban J connectivity index is 1.57. The van der Waals surface area contributed by atoms with Crippen LogP contribution in [0.4, 0.5) is 5.69 Å². The predicted octanol–water partition coefficient (Wildman–Crippen LogP) is 3.00. The molecule has 0 aliphatic rings. The molecule has 2 rings (SSSR count). The standard InChI is InChI=1S/C22H29N3O3S/c1-25(21-12-6-3-7-13-21)18-9-8-16-23-22(26)14-17-24-29(27,28)19-15-20-10-4-2-5-11-20/h2-7,10-13,15,19,24H,8-9,14,16-18H2,1H3,(H,23,26). The minimum absolute atomic E-state index is 0.0735. The molecule has 2 aromatic carbocycles. The number of benzene rings is 2. The van der Waals surface area contributed by atoms with Gasteiger partial charge in [-0.25, -0.2) is 13.1 Å². The Morgan fingerprint density at radius 3 is 2.31 bits per heavy atom. The van der Waals surface area contributed by atoms with Gasteiger partial charge in [-0.1, -0.05) is 48.5 Å². The van der Waals surface area contributed by atoms with E-state index in [-0.39, 0.29) is 18.9 Å². The first kappa shape index (κ1) is 22.6. The van der Waals surface area contributed by atoms with Crippen LogP contribution in [0.5, 0.6) is 0 Å². The highest BCUT2D eigenvalue weighted by molar-refractivity contribution is 7.92. The number of sulfonamides is 1. The number of amides is 1. The third-order valence-electron chi connectivity index (χ3n) is 4.33. The minimum atomic E-state index is -3.56. The number of unbranched alkanes of at least 4 members (excludes halogenated alkanes) is 1. The molecule has 0 aromatic heterocycles. The van der Waals surface area contributed by atoms with Crippen LogP contribution in [-0.4, -0.2) is 41.0 Å². The zero-order valence-corrected chi connectivity index (χ0v) is 17.6. The second kappa shape index (κ2) is 12.0. The fourth-order valence-corrected chi connectivity index (χ4v) is 3.51. The van der Waals surface area contributed by atoms with E-state index in [0.29, 0.717) is 6.54 Å². The van der Waals surface area contributed by atoms with Crippen molar-refractivity contribution in [3.63, 3.8) is 0 Å². The summed E-state index contributed by atoms with van der Waals surface area (Å²) in [6, 6.07) is 19.3. The predicted molar refractivity (Wildman–Crippen MR) is 119 cm³/mol. The first-order valence-electron chi connectivity index (χ1n) is 9.72. The van der Waals surface area contributed by atoms with Gasteiger partial charge < -0.3 is 10.2 Å². The Morgan fingerprint density at radius 2 is 1.62 bits per heavy atom. The van der Waals surface area contributed by atoms with Gasteiger partial charge in [-0.15, -0.1) is 0 Å². The monoisotopic (exact) mass is 415 g/mol. The van der Waals surface area contributed by atoms with Gasteiger partial charge >= 0.3 is 0 Å². The molecule has 7 heteroatoms. The molecule has 2 aromatic rings. The van der Waals surface area contributed by atoms with Crippen LogP contribution in [0.15, 0.2) is 66.1 Å². The van der Waals surface area contributed by atoms with Crippen LogP contribution in [0.1, 0.15) is 24.8 Å². The van der Waals surface area contributed by atoms with Crippen molar-refractivity contribution in [3.05, 3.63) is 71.6 Å². The summed E-state index contributed by atoms with van der Waals surface area (Å²) in [7, 11) is -1.51. The quantitative estimate of drug-likeness (QED) is 0.523. The van der Waals surface area contributed by atoms with E-state index in [0.717, 1.165) is 30.4 Å². The number of hydrogen-bond acceptors (Lipinski definition) is 4. The molecule has 0 saturated carbocycles. The molecule has 0 fully saturated rings. The van der Waals surface area contributed by atoms with E-state index in [1.807, 2.05) is 55.6 Å². The van der Waals surface area contributed by atoms with Crippen molar-refractivity contribution in [1.29, 1.82) is 0 Å². The molecular formula is C22H29N3O3S. The van der Waals surface area contributed by atoms with E-state index in [2.05, 4.69) is 27.1 Å². The van der Waals surface area contributed by atoms with E-state index < -0.39 is 10.0 Å². The third kappa shape index (κ3) is 9.40. The first-order valence-corrected chi connectivity index (χ1v) is 11.3. The number of rotatable bonds is 12. The van der Waals surface area contributed by atoms with Crippen molar-refractivity contribution in [1.82, 2.24) is 10.0 Å². The smallest absolute Gasteiger partial charge is 0.233 e. The average Bonchev–Trinajstić information content (AvgIpc) is 2.73. The summed E-state index contributed by atoms with van der Waals surface area (Å²) in [6.45, 7) is 1.57. The molecule has 156 valence electrons. The minimum Gasteiger partial charge on any atom is -0.375 e. The highest BCUT2D eigenvalue weighted by Gasteiger charge is 2.07. The molecule has 0 bridgehead atoms. The number of anilines is 1. The van der Waals surface area contributed by atoms with E-state index in [1.165, 1.54) is 11.8 Å². The Hall–Kier alpha value is -2.64. The summed E-state index contributed by atoms with van der Waals surface area (Å²) >= 11 is 0. The number of nitrogens with one attached hydrogen (secondary N) is 2. The SMILES string of the molecule is CN(CCCCNC(=O)CCNS(=O)(=O)C=Cc1ccccc1)c1ccccc1. The lowest BCUT2D eigenvalue weighted by Gasteiger charge is -2.19. The molecule has 2 N–H and O–H groups in total. The fourth-order valence-electron chi connectivity index (χ4n) is 2.69. The van der Waals surface area contributed by atoms with Gasteiger partial charge in [-0.05, 0) is 36.6 Å². The summed E-state index contributed by atoms with van der Waals surface area (Å²) in [5, 5.41) is 3.94. The summed E-state index contributed by atoms with van der Waals surface area (Å²) < 4.78 is 26.3. The van der Waals surface area contributed by atoms with E-state index in [9.17, 15) is 13.2 Å². The molecule has 29 heavy (non-hydrogen) atoms. The van der Waals surface area contributed by atoms with Gasteiger partial charge in [0.15, 0.2) is 0 Å². The topological polar surface area (TPSA) is 78.5 Å². The molecule has 0 heterocycles. The molecule has 0 atom stereocenters. The number of carbonyl (C=O) groups is 1. The zero-order valence-electron chi connectivity index (χ0n) is 16.8. The van der Waals surface area contributed by atoms with Crippen LogP contribution in [0.2, 0.25) is 0 Å². The number of carbonyl (C=O) groups excluding carboxylic acids is 1. The molecule has 6 nitrogen and oxygen atoms in total. The molecule has 0 saturated heterocycles. The van der Waals surface area contributed by atoms with Gasteiger partial charge in [0.25, 0.3) is 0 Å². The number of hydrogen-bond donors (Lipinski definition) is 2. The largest absolute Gasteiger partial charge is 0.375 e. The normalized spacial score (nSPS) is 11.5. The second-order valence-electron chi connectivity index (χ2n) is 6.72. The first-order chi connectivity index (χ1) is 14.0. The van der Waals surface area contributed by atoms with Crippen LogP contribution in [0.3, 0.4) is 0 Å². The van der Waals surface area contributed by atoms with Crippen molar-refractivity contribution in [2.24, 2.45) is 0 Å².